The molecule has 26 heavy (non-hydrogen) atoms. The van der Waals surface area contributed by atoms with Crippen molar-refractivity contribution in [3.05, 3.63) is 58.1 Å². The van der Waals surface area contributed by atoms with Gasteiger partial charge in [0.05, 0.1) is 15.5 Å². The lowest BCUT2D eigenvalue weighted by Gasteiger charge is -2.13. The summed E-state index contributed by atoms with van der Waals surface area (Å²) in [5, 5.41) is 1.83. The fourth-order valence-corrected chi connectivity index (χ4v) is 3.13. The van der Waals surface area contributed by atoms with E-state index in [4.69, 9.17) is 11.6 Å². The van der Waals surface area contributed by atoms with Crippen molar-refractivity contribution in [1.29, 1.82) is 0 Å². The summed E-state index contributed by atoms with van der Waals surface area (Å²) in [5.41, 5.74) is -0.722. The molecule has 2 aromatic carbocycles. The van der Waals surface area contributed by atoms with Crippen LogP contribution in [0.3, 0.4) is 0 Å². The van der Waals surface area contributed by atoms with Gasteiger partial charge in [0.25, 0.3) is 5.91 Å². The van der Waals surface area contributed by atoms with Crippen LogP contribution >= 0.6 is 11.6 Å². The van der Waals surface area contributed by atoms with Gasteiger partial charge in [-0.3, -0.25) is 4.79 Å². The van der Waals surface area contributed by atoms with Crippen molar-refractivity contribution in [1.82, 2.24) is 4.72 Å². The molecule has 0 aliphatic rings. The zero-order valence-corrected chi connectivity index (χ0v) is 15.2. The third-order valence-electron chi connectivity index (χ3n) is 3.56. The number of aryl methyl sites for hydroxylation is 1. The minimum Gasteiger partial charge on any atom is -0.322 e. The zero-order chi connectivity index (χ0) is 19.7. The lowest BCUT2D eigenvalue weighted by molar-refractivity contribution is -0.137. The summed E-state index contributed by atoms with van der Waals surface area (Å²) < 4.78 is 64.6. The zero-order valence-electron chi connectivity index (χ0n) is 13.6. The van der Waals surface area contributed by atoms with Gasteiger partial charge in [-0.1, -0.05) is 17.7 Å². The quantitative estimate of drug-likeness (QED) is 0.810. The summed E-state index contributed by atoms with van der Waals surface area (Å²) in [6.45, 7) is 1.58. The Labute approximate surface area is 153 Å². The first-order valence-corrected chi connectivity index (χ1v) is 9.04. The van der Waals surface area contributed by atoms with Gasteiger partial charge in [0.15, 0.2) is 0 Å². The van der Waals surface area contributed by atoms with E-state index in [-0.39, 0.29) is 16.1 Å². The Hall–Kier alpha value is -2.10. The third kappa shape index (κ3) is 4.35. The van der Waals surface area contributed by atoms with Gasteiger partial charge in [-0.05, 0) is 49.9 Å². The Morgan fingerprint density at radius 2 is 1.77 bits per heavy atom. The minimum atomic E-state index is -4.67. The van der Waals surface area contributed by atoms with Crippen LogP contribution < -0.4 is 10.0 Å². The van der Waals surface area contributed by atoms with Gasteiger partial charge in [0, 0.05) is 11.3 Å². The highest BCUT2D eigenvalue weighted by molar-refractivity contribution is 7.89. The van der Waals surface area contributed by atoms with Crippen molar-refractivity contribution in [3.8, 4) is 0 Å². The van der Waals surface area contributed by atoms with E-state index in [1.165, 1.54) is 25.2 Å². The van der Waals surface area contributed by atoms with Crippen LogP contribution in [0.1, 0.15) is 21.5 Å². The monoisotopic (exact) mass is 406 g/mol. The lowest BCUT2D eigenvalue weighted by Crippen LogP contribution is -2.20. The molecule has 1 amide bonds. The van der Waals surface area contributed by atoms with Gasteiger partial charge in [0.1, 0.15) is 0 Å². The van der Waals surface area contributed by atoms with Crippen molar-refractivity contribution in [2.24, 2.45) is 0 Å². The number of sulfonamides is 1. The number of anilines is 1. The molecule has 0 aliphatic heterocycles. The molecule has 0 saturated carbocycles. The molecule has 2 N–H and O–H groups in total. The third-order valence-corrected chi connectivity index (χ3v) is 5.30. The standard InChI is InChI=1S/C16H14ClF3N2O3S/c1-9-3-5-11(26(24,25)21-2)8-12(9)15(23)22-10-4-6-14(17)13(7-10)16(18,19)20/h3-8,21H,1-2H3,(H,22,23). The number of alkyl halides is 3. The number of carbonyl (C=O) groups is 1. The fourth-order valence-electron chi connectivity index (χ4n) is 2.15. The van der Waals surface area contributed by atoms with Crippen LogP contribution in [-0.2, 0) is 16.2 Å². The van der Waals surface area contributed by atoms with E-state index in [2.05, 4.69) is 10.0 Å². The first kappa shape index (κ1) is 20.2. The van der Waals surface area contributed by atoms with E-state index in [0.29, 0.717) is 11.6 Å². The lowest BCUT2D eigenvalue weighted by atomic mass is 10.1. The number of carbonyl (C=O) groups excluding carboxylic acids is 1. The van der Waals surface area contributed by atoms with Crippen molar-refractivity contribution in [3.63, 3.8) is 0 Å². The smallest absolute Gasteiger partial charge is 0.322 e. The molecule has 0 spiro atoms. The molecule has 140 valence electrons. The summed E-state index contributed by atoms with van der Waals surface area (Å²) in [7, 11) is -2.55. The number of amides is 1. The predicted octanol–water partition coefficient (Wildman–Crippen LogP) is 3.83. The molecule has 2 aromatic rings. The molecule has 10 heteroatoms. The Kier molecular flexibility index (Phi) is 5.64. The van der Waals surface area contributed by atoms with Gasteiger partial charge in [0.2, 0.25) is 10.0 Å². The second kappa shape index (κ2) is 7.26. The second-order valence-electron chi connectivity index (χ2n) is 5.33. The predicted molar refractivity (Wildman–Crippen MR) is 91.8 cm³/mol. The molecular weight excluding hydrogens is 393 g/mol. The average Bonchev–Trinajstić information content (AvgIpc) is 2.55. The van der Waals surface area contributed by atoms with Crippen LogP contribution in [-0.4, -0.2) is 21.4 Å². The van der Waals surface area contributed by atoms with E-state index in [0.717, 1.165) is 12.1 Å². The van der Waals surface area contributed by atoms with Crippen LogP contribution in [0.2, 0.25) is 5.02 Å². The number of benzene rings is 2. The van der Waals surface area contributed by atoms with Gasteiger partial charge >= 0.3 is 6.18 Å². The minimum absolute atomic E-state index is 0.0184. The molecule has 5 nitrogen and oxygen atoms in total. The molecule has 0 unspecified atom stereocenters. The summed E-state index contributed by atoms with van der Waals surface area (Å²) in [6.07, 6.45) is -4.67. The molecule has 0 aromatic heterocycles. The molecule has 0 saturated heterocycles. The summed E-state index contributed by atoms with van der Waals surface area (Å²) in [5.74, 6) is -0.744. The van der Waals surface area contributed by atoms with Gasteiger partial charge in [-0.2, -0.15) is 13.2 Å². The Morgan fingerprint density at radius 3 is 2.35 bits per heavy atom. The maximum absolute atomic E-state index is 12.9. The van der Waals surface area contributed by atoms with Gasteiger partial charge in [-0.15, -0.1) is 0 Å². The Morgan fingerprint density at radius 1 is 1.12 bits per heavy atom. The van der Waals surface area contributed by atoms with E-state index < -0.39 is 32.7 Å². The number of halogens is 4. The van der Waals surface area contributed by atoms with Crippen LogP contribution in [0.15, 0.2) is 41.3 Å². The highest BCUT2D eigenvalue weighted by Gasteiger charge is 2.33. The Balaban J connectivity index is 2.38. The molecule has 0 atom stereocenters. The molecule has 2 rings (SSSR count). The number of nitrogens with one attached hydrogen (secondary N) is 2. The molecular formula is C16H14ClF3N2O3S. The number of rotatable bonds is 4. The fraction of sp³-hybridized carbons (Fsp3) is 0.188. The average molecular weight is 407 g/mol. The maximum atomic E-state index is 12.9. The van der Waals surface area contributed by atoms with Crippen LogP contribution in [0, 0.1) is 6.92 Å². The molecule has 0 fully saturated rings. The van der Waals surface area contributed by atoms with Crippen LogP contribution in [0.5, 0.6) is 0 Å². The highest BCUT2D eigenvalue weighted by atomic mass is 35.5. The number of hydrogen-bond donors (Lipinski definition) is 2. The van der Waals surface area contributed by atoms with Crippen LogP contribution in [0.25, 0.3) is 0 Å². The largest absolute Gasteiger partial charge is 0.417 e. The first-order valence-electron chi connectivity index (χ1n) is 7.18. The van der Waals surface area contributed by atoms with Gasteiger partial charge < -0.3 is 5.32 Å². The van der Waals surface area contributed by atoms with Crippen LogP contribution in [0.4, 0.5) is 18.9 Å². The summed E-state index contributed by atoms with van der Waals surface area (Å²) in [6, 6.07) is 6.86. The SMILES string of the molecule is CNS(=O)(=O)c1ccc(C)c(C(=O)Nc2ccc(Cl)c(C(F)(F)F)c2)c1. The number of hydrogen-bond acceptors (Lipinski definition) is 3. The second-order valence-corrected chi connectivity index (χ2v) is 7.62. The van der Waals surface area contributed by atoms with E-state index in [1.54, 1.807) is 6.92 Å². The summed E-state index contributed by atoms with van der Waals surface area (Å²) in [4.78, 5) is 12.3. The van der Waals surface area contributed by atoms with E-state index in [1.807, 2.05) is 0 Å². The molecule has 0 bridgehead atoms. The van der Waals surface area contributed by atoms with E-state index >= 15 is 0 Å². The molecule has 0 heterocycles. The normalized spacial score (nSPS) is 12.1. The molecule has 0 radical (unpaired) electrons. The topological polar surface area (TPSA) is 75.3 Å². The van der Waals surface area contributed by atoms with Crippen molar-refractivity contribution >= 4 is 33.2 Å². The molecule has 0 aliphatic carbocycles. The van der Waals surface area contributed by atoms with Crippen molar-refractivity contribution in [2.45, 2.75) is 18.0 Å². The highest BCUT2D eigenvalue weighted by Crippen LogP contribution is 2.36. The maximum Gasteiger partial charge on any atom is 0.417 e. The van der Waals surface area contributed by atoms with Crippen molar-refractivity contribution in [2.75, 3.05) is 12.4 Å². The Bertz CT molecular complexity index is 960. The van der Waals surface area contributed by atoms with Crippen molar-refractivity contribution < 1.29 is 26.4 Å². The van der Waals surface area contributed by atoms with E-state index in [9.17, 15) is 26.4 Å². The van der Waals surface area contributed by atoms with Gasteiger partial charge in [-0.25, -0.2) is 13.1 Å². The summed E-state index contributed by atoms with van der Waals surface area (Å²) >= 11 is 5.54. The first-order chi connectivity index (χ1) is 12.0.